The Morgan fingerprint density at radius 1 is 1.38 bits per heavy atom. The first-order chi connectivity index (χ1) is 7.70. The van der Waals surface area contributed by atoms with Crippen LogP contribution in [0.25, 0.3) is 0 Å². The summed E-state index contributed by atoms with van der Waals surface area (Å²) >= 11 is 0. The van der Waals surface area contributed by atoms with E-state index in [0.717, 1.165) is 38.6 Å². The van der Waals surface area contributed by atoms with Gasteiger partial charge in [-0.3, -0.25) is 4.79 Å². The zero-order chi connectivity index (χ0) is 12.0. The van der Waals surface area contributed by atoms with Crippen LogP contribution in [0, 0.1) is 0 Å². The molecule has 0 spiro atoms. The number of carbonyl (C=O) groups is 1. The third-order valence-corrected chi connectivity index (χ3v) is 3.55. The maximum Gasteiger partial charge on any atom is 0.239 e. The zero-order valence-corrected chi connectivity index (χ0v) is 10.7. The molecule has 1 fully saturated rings. The Hall–Kier alpha value is -0.570. The van der Waals surface area contributed by atoms with Crippen molar-refractivity contribution < 1.29 is 4.79 Å². The molecule has 0 bridgehead atoms. The summed E-state index contributed by atoms with van der Waals surface area (Å²) in [6.07, 6.45) is 7.66. The van der Waals surface area contributed by atoms with Crippen LogP contribution in [0.3, 0.4) is 0 Å². The van der Waals surface area contributed by atoms with E-state index in [1.807, 2.05) is 4.90 Å². The Labute approximate surface area is 99.4 Å². The molecule has 94 valence electrons. The molecule has 0 aliphatic carbocycles. The Balaban J connectivity index is 2.62. The lowest BCUT2D eigenvalue weighted by Crippen LogP contribution is -2.48. The summed E-state index contributed by atoms with van der Waals surface area (Å²) < 4.78 is 0. The summed E-state index contributed by atoms with van der Waals surface area (Å²) in [6, 6.07) is 0.148. The van der Waals surface area contributed by atoms with Crippen molar-refractivity contribution in [2.45, 2.75) is 70.9 Å². The molecule has 0 aromatic carbocycles. The fourth-order valence-electron chi connectivity index (χ4n) is 2.54. The monoisotopic (exact) mass is 226 g/mol. The smallest absolute Gasteiger partial charge is 0.239 e. The summed E-state index contributed by atoms with van der Waals surface area (Å²) in [5.41, 5.74) is 5.94. The third-order valence-electron chi connectivity index (χ3n) is 3.55. The molecule has 1 amide bonds. The molecule has 2 N–H and O–H groups in total. The van der Waals surface area contributed by atoms with Crippen molar-refractivity contribution in [1.29, 1.82) is 0 Å². The summed E-state index contributed by atoms with van der Waals surface area (Å²) in [5, 5.41) is 0. The molecule has 0 aromatic rings. The van der Waals surface area contributed by atoms with Crippen LogP contribution in [0.5, 0.6) is 0 Å². The molecule has 0 aromatic heterocycles. The summed E-state index contributed by atoms with van der Waals surface area (Å²) in [5.74, 6) is 0.176. The third kappa shape index (κ3) is 3.48. The summed E-state index contributed by atoms with van der Waals surface area (Å²) in [7, 11) is 0. The van der Waals surface area contributed by atoms with Crippen molar-refractivity contribution in [2.75, 3.05) is 6.54 Å². The van der Waals surface area contributed by atoms with Gasteiger partial charge in [-0.2, -0.15) is 0 Å². The van der Waals surface area contributed by atoms with Crippen LogP contribution < -0.4 is 5.73 Å². The Morgan fingerprint density at radius 2 is 2.12 bits per heavy atom. The van der Waals surface area contributed by atoms with E-state index in [4.69, 9.17) is 5.73 Å². The number of hydrogen-bond donors (Lipinski definition) is 1. The average Bonchev–Trinajstić information content (AvgIpc) is 2.53. The van der Waals surface area contributed by atoms with Gasteiger partial charge in [0.2, 0.25) is 5.91 Å². The minimum Gasteiger partial charge on any atom is -0.338 e. The number of nitrogens with two attached hydrogens (primary N) is 1. The molecule has 1 rings (SSSR count). The van der Waals surface area contributed by atoms with Crippen molar-refractivity contribution in [3.8, 4) is 0 Å². The van der Waals surface area contributed by atoms with Crippen molar-refractivity contribution in [3.63, 3.8) is 0 Å². The van der Waals surface area contributed by atoms with E-state index in [1.54, 1.807) is 0 Å². The van der Waals surface area contributed by atoms with Crippen molar-refractivity contribution in [1.82, 2.24) is 4.90 Å². The maximum atomic E-state index is 12.2. The van der Waals surface area contributed by atoms with Crippen LogP contribution in [-0.2, 0) is 4.79 Å². The molecular formula is C13H26N2O. The second-order valence-electron chi connectivity index (χ2n) is 4.84. The van der Waals surface area contributed by atoms with Gasteiger partial charge in [-0.15, -0.1) is 0 Å². The first-order valence-electron chi connectivity index (χ1n) is 6.76. The minimum atomic E-state index is -0.280. The van der Waals surface area contributed by atoms with Crippen molar-refractivity contribution in [2.24, 2.45) is 5.73 Å². The molecule has 0 saturated carbocycles. The highest BCUT2D eigenvalue weighted by Gasteiger charge is 2.27. The predicted molar refractivity (Wildman–Crippen MR) is 67.1 cm³/mol. The Kier molecular flexibility index (Phi) is 5.81. The van der Waals surface area contributed by atoms with Crippen LogP contribution in [0.1, 0.15) is 58.8 Å². The second-order valence-corrected chi connectivity index (χ2v) is 4.84. The fourth-order valence-corrected chi connectivity index (χ4v) is 2.54. The maximum absolute atomic E-state index is 12.2. The zero-order valence-electron chi connectivity index (χ0n) is 10.7. The van der Waals surface area contributed by atoms with Crippen molar-refractivity contribution >= 4 is 5.91 Å². The number of amides is 1. The van der Waals surface area contributed by atoms with E-state index in [-0.39, 0.29) is 11.9 Å². The highest BCUT2D eigenvalue weighted by atomic mass is 16.2. The molecule has 1 saturated heterocycles. The van der Waals surface area contributed by atoms with Crippen LogP contribution in [0.4, 0.5) is 0 Å². The van der Waals surface area contributed by atoms with Gasteiger partial charge in [0.05, 0.1) is 6.04 Å². The summed E-state index contributed by atoms with van der Waals surface area (Å²) in [4.78, 5) is 14.3. The molecule has 1 unspecified atom stereocenters. The quantitative estimate of drug-likeness (QED) is 0.799. The predicted octanol–water partition coefficient (Wildman–Crippen LogP) is 2.29. The molecule has 3 heteroatoms. The minimum absolute atomic E-state index is 0.176. The number of rotatable bonds is 4. The molecule has 1 heterocycles. The molecular weight excluding hydrogens is 200 g/mol. The van der Waals surface area contributed by atoms with Gasteiger partial charge in [0.25, 0.3) is 0 Å². The SMILES string of the molecule is CCC[C@H](N)C(=O)N1CCCCCC1CC. The van der Waals surface area contributed by atoms with E-state index in [2.05, 4.69) is 13.8 Å². The normalized spacial score (nSPS) is 23.9. The van der Waals surface area contributed by atoms with Crippen LogP contribution in [0.2, 0.25) is 0 Å². The molecule has 2 atom stereocenters. The molecule has 1 aliphatic rings. The molecule has 3 nitrogen and oxygen atoms in total. The van der Waals surface area contributed by atoms with Crippen molar-refractivity contribution in [3.05, 3.63) is 0 Å². The Bertz CT molecular complexity index is 218. The average molecular weight is 226 g/mol. The van der Waals surface area contributed by atoms with E-state index < -0.39 is 0 Å². The first-order valence-corrected chi connectivity index (χ1v) is 6.76. The van der Waals surface area contributed by atoms with Gasteiger partial charge < -0.3 is 10.6 Å². The highest BCUT2D eigenvalue weighted by molar-refractivity contribution is 5.81. The van der Waals surface area contributed by atoms with E-state index in [0.29, 0.717) is 6.04 Å². The first kappa shape index (κ1) is 13.5. The Morgan fingerprint density at radius 3 is 2.75 bits per heavy atom. The van der Waals surface area contributed by atoms with Gasteiger partial charge in [-0.1, -0.05) is 33.1 Å². The number of nitrogens with zero attached hydrogens (tertiary/aromatic N) is 1. The largest absolute Gasteiger partial charge is 0.338 e. The van der Waals surface area contributed by atoms with Gasteiger partial charge in [-0.05, 0) is 25.7 Å². The van der Waals surface area contributed by atoms with Gasteiger partial charge in [-0.25, -0.2) is 0 Å². The lowest BCUT2D eigenvalue weighted by molar-refractivity contribution is -0.135. The van der Waals surface area contributed by atoms with Gasteiger partial charge in [0.15, 0.2) is 0 Å². The van der Waals surface area contributed by atoms with Crippen LogP contribution in [-0.4, -0.2) is 29.4 Å². The van der Waals surface area contributed by atoms with Crippen LogP contribution >= 0.6 is 0 Å². The van der Waals surface area contributed by atoms with Gasteiger partial charge in [0.1, 0.15) is 0 Å². The highest BCUT2D eigenvalue weighted by Crippen LogP contribution is 2.20. The lowest BCUT2D eigenvalue weighted by Gasteiger charge is -2.31. The number of carbonyl (C=O) groups excluding carboxylic acids is 1. The number of likely N-dealkylation sites (tertiary alicyclic amines) is 1. The van der Waals surface area contributed by atoms with Gasteiger partial charge >= 0.3 is 0 Å². The standard InChI is InChI=1S/C13H26N2O/c1-3-8-12(14)13(16)15-10-7-5-6-9-11(15)4-2/h11-12H,3-10,14H2,1-2H3/t11?,12-/m0/s1. The molecule has 0 radical (unpaired) electrons. The van der Waals surface area contributed by atoms with E-state index in [9.17, 15) is 4.79 Å². The fraction of sp³-hybridized carbons (Fsp3) is 0.923. The molecule has 1 aliphatic heterocycles. The van der Waals surface area contributed by atoms with Gasteiger partial charge in [0, 0.05) is 12.6 Å². The van der Waals surface area contributed by atoms with Crippen LogP contribution in [0.15, 0.2) is 0 Å². The molecule has 16 heavy (non-hydrogen) atoms. The van der Waals surface area contributed by atoms with E-state index in [1.165, 1.54) is 12.8 Å². The number of hydrogen-bond acceptors (Lipinski definition) is 2. The van der Waals surface area contributed by atoms with E-state index >= 15 is 0 Å². The second kappa shape index (κ2) is 6.89. The topological polar surface area (TPSA) is 46.3 Å². The lowest BCUT2D eigenvalue weighted by atomic mass is 10.1. The summed E-state index contributed by atoms with van der Waals surface area (Å²) in [6.45, 7) is 5.16.